The van der Waals surface area contributed by atoms with Crippen LogP contribution in [0.1, 0.15) is 71.7 Å². The Labute approximate surface area is 233 Å². The predicted molar refractivity (Wildman–Crippen MR) is 156 cm³/mol. The maximum atomic E-state index is 13.3. The molecule has 4 heterocycles. The molecule has 1 unspecified atom stereocenters. The smallest absolute Gasteiger partial charge is 0.410 e. The molecule has 3 aromatic heterocycles. The average molecular weight is 558 g/mol. The van der Waals surface area contributed by atoms with Gasteiger partial charge in [0.05, 0.1) is 10.9 Å². The Morgan fingerprint density at radius 2 is 2.00 bits per heavy atom. The highest BCUT2D eigenvalue weighted by Gasteiger charge is 2.29. The lowest BCUT2D eigenvalue weighted by Gasteiger charge is -2.31. The second kappa shape index (κ2) is 11.7. The van der Waals surface area contributed by atoms with Crippen molar-refractivity contribution in [2.75, 3.05) is 18.4 Å². The highest BCUT2D eigenvalue weighted by atomic mass is 32.1. The highest BCUT2D eigenvalue weighted by Crippen LogP contribution is 2.45. The molecule has 38 heavy (non-hydrogen) atoms. The van der Waals surface area contributed by atoms with Crippen molar-refractivity contribution < 1.29 is 14.3 Å². The van der Waals surface area contributed by atoms with E-state index in [4.69, 9.17) is 9.72 Å². The maximum Gasteiger partial charge on any atom is 0.410 e. The predicted octanol–water partition coefficient (Wildman–Crippen LogP) is 6.55. The van der Waals surface area contributed by atoms with Gasteiger partial charge >= 0.3 is 6.09 Å². The van der Waals surface area contributed by atoms with E-state index in [1.807, 2.05) is 40.7 Å². The Morgan fingerprint density at radius 1 is 1.24 bits per heavy atom. The lowest BCUT2D eigenvalue weighted by atomic mass is 10.0. The molecular formula is C28H39N5O3S2. The molecule has 0 fully saturated rings. The van der Waals surface area contributed by atoms with E-state index in [0.29, 0.717) is 12.6 Å². The normalized spacial score (nSPS) is 14.9. The van der Waals surface area contributed by atoms with Crippen molar-refractivity contribution >= 4 is 49.9 Å². The highest BCUT2D eigenvalue weighted by molar-refractivity contribution is 7.22. The molecular weight excluding hydrogens is 518 g/mol. The third kappa shape index (κ3) is 6.52. The fourth-order valence-corrected chi connectivity index (χ4v) is 6.88. The summed E-state index contributed by atoms with van der Waals surface area (Å²) in [5.41, 5.74) is 2.59. The third-order valence-corrected chi connectivity index (χ3v) is 8.99. The number of nitrogens with one attached hydrogen (secondary N) is 1. The number of hydrogen-bond donors (Lipinski definition) is 1. The van der Waals surface area contributed by atoms with E-state index in [0.717, 1.165) is 51.7 Å². The summed E-state index contributed by atoms with van der Waals surface area (Å²) in [5, 5.41) is 4.94. The Bertz CT molecular complexity index is 1260. The Kier molecular flexibility index (Phi) is 8.74. The van der Waals surface area contributed by atoms with Gasteiger partial charge in [-0.2, -0.15) is 0 Å². The van der Waals surface area contributed by atoms with Crippen LogP contribution in [-0.2, 0) is 22.5 Å². The molecule has 8 nitrogen and oxygen atoms in total. The second-order valence-electron chi connectivity index (χ2n) is 11.1. The molecule has 3 aromatic rings. The first kappa shape index (κ1) is 28.4. The molecule has 1 aliphatic rings. The number of carbonyl (C=O) groups excluding carboxylic acids is 2. The molecule has 0 aliphatic carbocycles. The molecule has 0 aromatic carbocycles. The fourth-order valence-electron chi connectivity index (χ4n) is 4.51. The number of anilines is 1. The molecule has 206 valence electrons. The Hall–Kier alpha value is -2.56. The largest absolute Gasteiger partial charge is 0.444 e. The number of aromatic nitrogens is 2. The average Bonchev–Trinajstić information content (AvgIpc) is 3.42. The second-order valence-corrected chi connectivity index (χ2v) is 13.2. The van der Waals surface area contributed by atoms with Crippen LogP contribution >= 0.6 is 22.7 Å². The van der Waals surface area contributed by atoms with Crippen LogP contribution in [0.5, 0.6) is 0 Å². The number of pyridine rings is 1. The van der Waals surface area contributed by atoms with Crippen LogP contribution in [0.25, 0.3) is 20.8 Å². The van der Waals surface area contributed by atoms with Gasteiger partial charge in [0, 0.05) is 54.8 Å². The van der Waals surface area contributed by atoms with Gasteiger partial charge in [-0.3, -0.25) is 14.7 Å². The lowest BCUT2D eigenvalue weighted by molar-refractivity contribution is -0.116. The molecule has 1 aliphatic heterocycles. The van der Waals surface area contributed by atoms with Gasteiger partial charge in [-0.05, 0) is 66.0 Å². The van der Waals surface area contributed by atoms with E-state index in [1.165, 1.54) is 10.4 Å². The first-order valence-electron chi connectivity index (χ1n) is 13.4. The summed E-state index contributed by atoms with van der Waals surface area (Å²) in [7, 11) is 0. The number of ether oxygens (including phenoxy) is 1. The summed E-state index contributed by atoms with van der Waals surface area (Å²) in [6.45, 7) is 16.1. The molecule has 4 rings (SSSR count). The standard InChI is InChI=1S/C28H39N5O3S2/c1-8-18(4)33(27(35)36-28(5,6)7)14-11-23(34)31-26-24(25-30-20-15-29-12-9-21(20)37-25)19-10-13-32(17(2)3)16-22(19)38-26/h9,12,15,17-18H,8,10-11,13-14,16H2,1-7H3,(H,31,34). The zero-order valence-corrected chi connectivity index (χ0v) is 25.1. The quantitative estimate of drug-likeness (QED) is 0.338. The van der Waals surface area contributed by atoms with Gasteiger partial charge in [0.1, 0.15) is 21.1 Å². The molecule has 0 radical (unpaired) electrons. The van der Waals surface area contributed by atoms with Gasteiger partial charge in [0.25, 0.3) is 0 Å². The summed E-state index contributed by atoms with van der Waals surface area (Å²) in [4.78, 5) is 40.6. The summed E-state index contributed by atoms with van der Waals surface area (Å²) < 4.78 is 6.68. The van der Waals surface area contributed by atoms with Gasteiger partial charge in [-0.1, -0.05) is 6.92 Å². The van der Waals surface area contributed by atoms with Gasteiger partial charge in [-0.15, -0.1) is 22.7 Å². The topological polar surface area (TPSA) is 87.7 Å². The molecule has 1 atom stereocenters. The minimum atomic E-state index is -0.591. The molecule has 0 bridgehead atoms. The van der Waals surface area contributed by atoms with Crippen LogP contribution in [0.4, 0.5) is 9.80 Å². The minimum absolute atomic E-state index is 0.0272. The van der Waals surface area contributed by atoms with Crippen LogP contribution in [0.3, 0.4) is 0 Å². The SMILES string of the molecule is CCC(C)N(CCC(=O)Nc1sc2c(c1-c1nc3cnccc3s1)CCN(C(C)C)C2)C(=O)OC(C)(C)C. The maximum absolute atomic E-state index is 13.3. The van der Waals surface area contributed by atoms with Gasteiger partial charge < -0.3 is 15.0 Å². The summed E-state index contributed by atoms with van der Waals surface area (Å²) in [5.74, 6) is -0.120. The molecule has 0 spiro atoms. The number of thiophene rings is 1. The van der Waals surface area contributed by atoms with Crippen LogP contribution in [0.15, 0.2) is 18.5 Å². The van der Waals surface area contributed by atoms with E-state index >= 15 is 0 Å². The van der Waals surface area contributed by atoms with Crippen molar-refractivity contribution in [3.05, 3.63) is 28.9 Å². The van der Waals surface area contributed by atoms with E-state index in [2.05, 4.69) is 29.0 Å². The number of fused-ring (bicyclic) bond motifs is 2. The zero-order chi connectivity index (χ0) is 27.6. The number of nitrogens with zero attached hydrogens (tertiary/aromatic N) is 4. The summed E-state index contributed by atoms with van der Waals surface area (Å²) >= 11 is 3.28. The number of carbonyl (C=O) groups is 2. The third-order valence-electron chi connectivity index (χ3n) is 6.80. The van der Waals surface area contributed by atoms with Crippen LogP contribution in [0, 0.1) is 0 Å². The summed E-state index contributed by atoms with van der Waals surface area (Å²) in [6.07, 6.45) is 5.07. The molecule has 2 amide bonds. The minimum Gasteiger partial charge on any atom is -0.444 e. The van der Waals surface area contributed by atoms with E-state index in [-0.39, 0.29) is 24.5 Å². The number of amides is 2. The van der Waals surface area contributed by atoms with Gasteiger partial charge in [0.15, 0.2) is 0 Å². The first-order valence-corrected chi connectivity index (χ1v) is 15.0. The fraction of sp³-hybridized carbons (Fsp3) is 0.571. The monoisotopic (exact) mass is 557 g/mol. The number of rotatable bonds is 8. The number of thiazole rings is 1. The van der Waals surface area contributed by atoms with Crippen LogP contribution < -0.4 is 5.32 Å². The zero-order valence-electron chi connectivity index (χ0n) is 23.5. The van der Waals surface area contributed by atoms with Crippen molar-refractivity contribution in [1.29, 1.82) is 0 Å². The lowest BCUT2D eigenvalue weighted by Crippen LogP contribution is -2.43. The first-order chi connectivity index (χ1) is 18.0. The van der Waals surface area contributed by atoms with E-state index in [9.17, 15) is 9.59 Å². The van der Waals surface area contributed by atoms with Crippen molar-refractivity contribution in [1.82, 2.24) is 19.8 Å². The van der Waals surface area contributed by atoms with Crippen molar-refractivity contribution in [3.63, 3.8) is 0 Å². The van der Waals surface area contributed by atoms with E-state index in [1.54, 1.807) is 40.0 Å². The van der Waals surface area contributed by atoms with E-state index < -0.39 is 5.60 Å². The van der Waals surface area contributed by atoms with Crippen molar-refractivity contribution in [2.45, 2.75) is 92.0 Å². The van der Waals surface area contributed by atoms with Gasteiger partial charge in [0.2, 0.25) is 5.91 Å². The van der Waals surface area contributed by atoms with Gasteiger partial charge in [-0.25, -0.2) is 9.78 Å². The van der Waals surface area contributed by atoms with Crippen LogP contribution in [-0.4, -0.2) is 62.5 Å². The Balaban J connectivity index is 1.58. The summed E-state index contributed by atoms with van der Waals surface area (Å²) in [6, 6.07) is 2.41. The van der Waals surface area contributed by atoms with Crippen molar-refractivity contribution in [3.8, 4) is 10.6 Å². The van der Waals surface area contributed by atoms with Crippen LogP contribution in [0.2, 0.25) is 0 Å². The molecule has 10 heteroatoms. The molecule has 0 saturated carbocycles. The van der Waals surface area contributed by atoms with Crippen molar-refractivity contribution in [2.24, 2.45) is 0 Å². The number of hydrogen-bond acceptors (Lipinski definition) is 8. The Morgan fingerprint density at radius 3 is 2.66 bits per heavy atom. The molecule has 1 N–H and O–H groups in total. The molecule has 0 saturated heterocycles.